The lowest BCUT2D eigenvalue weighted by molar-refractivity contribution is -0.115. The van der Waals surface area contributed by atoms with E-state index in [0.717, 1.165) is 29.9 Å². The molecule has 1 amide bonds. The van der Waals surface area contributed by atoms with Gasteiger partial charge in [0.15, 0.2) is 0 Å². The summed E-state index contributed by atoms with van der Waals surface area (Å²) in [7, 11) is 0. The van der Waals surface area contributed by atoms with E-state index >= 15 is 0 Å². The fourth-order valence-corrected chi connectivity index (χ4v) is 3.69. The second-order valence-corrected chi connectivity index (χ2v) is 7.10. The molecule has 0 spiro atoms. The number of anilines is 2. The second-order valence-electron chi connectivity index (χ2n) is 7.10. The minimum absolute atomic E-state index is 0.0253. The van der Waals surface area contributed by atoms with Crippen molar-refractivity contribution in [3.05, 3.63) is 71.8 Å². The molecule has 1 aliphatic heterocycles. The second kappa shape index (κ2) is 7.20. The van der Waals surface area contributed by atoms with Crippen molar-refractivity contribution in [1.29, 1.82) is 0 Å². The highest BCUT2D eigenvalue weighted by Gasteiger charge is 2.14. The number of amides is 1. The Hall–Kier alpha value is -2.81. The zero-order chi connectivity index (χ0) is 17.9. The van der Waals surface area contributed by atoms with Gasteiger partial charge in [0, 0.05) is 24.5 Å². The number of aryl methyl sites for hydroxylation is 1. The third-order valence-corrected chi connectivity index (χ3v) is 5.13. The molecule has 3 aromatic rings. The first-order valence-electron chi connectivity index (χ1n) is 9.32. The van der Waals surface area contributed by atoms with E-state index in [0.29, 0.717) is 6.42 Å². The number of rotatable bonds is 4. The molecule has 1 aliphatic rings. The highest BCUT2D eigenvalue weighted by Crippen LogP contribution is 2.25. The number of carbonyl (C=O) groups excluding carboxylic acids is 1. The molecule has 0 atom stereocenters. The van der Waals surface area contributed by atoms with Gasteiger partial charge in [-0.25, -0.2) is 0 Å². The first-order valence-corrected chi connectivity index (χ1v) is 9.32. The van der Waals surface area contributed by atoms with Crippen molar-refractivity contribution in [2.45, 2.75) is 26.2 Å². The van der Waals surface area contributed by atoms with Crippen LogP contribution in [0.15, 0.2) is 60.7 Å². The van der Waals surface area contributed by atoms with Crippen LogP contribution in [-0.4, -0.2) is 19.0 Å². The molecule has 0 unspecified atom stereocenters. The van der Waals surface area contributed by atoms with Crippen molar-refractivity contribution in [3.63, 3.8) is 0 Å². The third kappa shape index (κ3) is 3.57. The fourth-order valence-electron chi connectivity index (χ4n) is 3.69. The molecule has 1 saturated heterocycles. The summed E-state index contributed by atoms with van der Waals surface area (Å²) in [6.45, 7) is 4.32. The monoisotopic (exact) mass is 344 g/mol. The number of nitrogens with one attached hydrogen (secondary N) is 1. The molecule has 132 valence electrons. The summed E-state index contributed by atoms with van der Waals surface area (Å²) < 4.78 is 0. The lowest BCUT2D eigenvalue weighted by atomic mass is 10.0. The van der Waals surface area contributed by atoms with Crippen molar-refractivity contribution < 1.29 is 4.79 Å². The standard InChI is InChI=1S/C23H24N2O/c1-17-14-21(25-12-4-5-13-25)10-11-22(17)24-23(26)16-18-8-9-19-6-2-3-7-20(19)15-18/h2-3,6-11,14-15H,4-5,12-13,16H2,1H3,(H,24,26). The van der Waals surface area contributed by atoms with Crippen LogP contribution in [0, 0.1) is 6.92 Å². The summed E-state index contributed by atoms with van der Waals surface area (Å²) in [5.41, 5.74) is 4.31. The molecule has 1 heterocycles. The molecular formula is C23H24N2O. The molecule has 3 aromatic carbocycles. The van der Waals surface area contributed by atoms with Crippen molar-refractivity contribution in [2.24, 2.45) is 0 Å². The lowest BCUT2D eigenvalue weighted by Crippen LogP contribution is -2.18. The van der Waals surface area contributed by atoms with Crippen LogP contribution in [-0.2, 0) is 11.2 Å². The summed E-state index contributed by atoms with van der Waals surface area (Å²) in [6.07, 6.45) is 2.92. The Morgan fingerprint density at radius 1 is 0.962 bits per heavy atom. The number of hydrogen-bond donors (Lipinski definition) is 1. The molecule has 3 nitrogen and oxygen atoms in total. The lowest BCUT2D eigenvalue weighted by Gasteiger charge is -2.19. The predicted octanol–water partition coefficient (Wildman–Crippen LogP) is 4.93. The van der Waals surface area contributed by atoms with Gasteiger partial charge in [0.2, 0.25) is 5.91 Å². The van der Waals surface area contributed by atoms with Crippen LogP contribution in [0.3, 0.4) is 0 Å². The van der Waals surface area contributed by atoms with Crippen LogP contribution >= 0.6 is 0 Å². The molecule has 1 fully saturated rings. The Balaban J connectivity index is 1.45. The van der Waals surface area contributed by atoms with Crippen molar-refractivity contribution >= 4 is 28.1 Å². The zero-order valence-corrected chi connectivity index (χ0v) is 15.2. The largest absolute Gasteiger partial charge is 0.372 e. The van der Waals surface area contributed by atoms with Gasteiger partial charge in [-0.05, 0) is 59.9 Å². The van der Waals surface area contributed by atoms with E-state index in [1.165, 1.54) is 29.3 Å². The van der Waals surface area contributed by atoms with Gasteiger partial charge >= 0.3 is 0 Å². The van der Waals surface area contributed by atoms with Crippen LogP contribution in [0.4, 0.5) is 11.4 Å². The highest BCUT2D eigenvalue weighted by molar-refractivity contribution is 5.94. The molecule has 1 N–H and O–H groups in total. The van der Waals surface area contributed by atoms with E-state index in [9.17, 15) is 4.79 Å². The first-order chi connectivity index (χ1) is 12.7. The normalized spacial score (nSPS) is 14.0. The number of hydrogen-bond acceptors (Lipinski definition) is 2. The summed E-state index contributed by atoms with van der Waals surface area (Å²) in [4.78, 5) is 14.9. The SMILES string of the molecule is Cc1cc(N2CCCC2)ccc1NC(=O)Cc1ccc2ccccc2c1. The van der Waals surface area contributed by atoms with Crippen LogP contribution in [0.1, 0.15) is 24.0 Å². The quantitative estimate of drug-likeness (QED) is 0.728. The minimum atomic E-state index is 0.0253. The molecule has 26 heavy (non-hydrogen) atoms. The van der Waals surface area contributed by atoms with Crippen molar-refractivity contribution in [3.8, 4) is 0 Å². The summed E-state index contributed by atoms with van der Waals surface area (Å²) in [5.74, 6) is 0.0253. The number of fused-ring (bicyclic) bond motifs is 1. The molecule has 4 rings (SSSR count). The molecule has 0 aliphatic carbocycles. The molecular weight excluding hydrogens is 320 g/mol. The van der Waals surface area contributed by atoms with Gasteiger partial charge in [0.25, 0.3) is 0 Å². The maximum absolute atomic E-state index is 12.5. The van der Waals surface area contributed by atoms with Gasteiger partial charge in [-0.1, -0.05) is 42.5 Å². The Morgan fingerprint density at radius 2 is 1.73 bits per heavy atom. The summed E-state index contributed by atoms with van der Waals surface area (Å²) in [5, 5.41) is 5.44. The Labute approximate surface area is 154 Å². The fraction of sp³-hybridized carbons (Fsp3) is 0.261. The van der Waals surface area contributed by atoms with Crippen LogP contribution in [0.2, 0.25) is 0 Å². The molecule has 0 bridgehead atoms. The van der Waals surface area contributed by atoms with Gasteiger partial charge in [-0.15, -0.1) is 0 Å². The number of nitrogens with zero attached hydrogens (tertiary/aromatic N) is 1. The predicted molar refractivity (Wildman–Crippen MR) is 109 cm³/mol. The highest BCUT2D eigenvalue weighted by atomic mass is 16.1. The number of carbonyl (C=O) groups is 1. The van der Waals surface area contributed by atoms with Gasteiger partial charge in [0.1, 0.15) is 0 Å². The summed E-state index contributed by atoms with van der Waals surface area (Å²) >= 11 is 0. The Kier molecular flexibility index (Phi) is 4.61. The molecule has 3 heteroatoms. The van der Waals surface area contributed by atoms with Gasteiger partial charge in [-0.2, -0.15) is 0 Å². The van der Waals surface area contributed by atoms with Gasteiger partial charge < -0.3 is 10.2 Å². The van der Waals surface area contributed by atoms with E-state index in [2.05, 4.69) is 53.5 Å². The topological polar surface area (TPSA) is 32.3 Å². The summed E-state index contributed by atoms with van der Waals surface area (Å²) in [6, 6.07) is 20.8. The van der Waals surface area contributed by atoms with Crippen LogP contribution in [0.5, 0.6) is 0 Å². The molecule has 0 saturated carbocycles. The van der Waals surface area contributed by atoms with E-state index < -0.39 is 0 Å². The minimum Gasteiger partial charge on any atom is -0.372 e. The van der Waals surface area contributed by atoms with Gasteiger partial charge in [0.05, 0.1) is 6.42 Å². The number of benzene rings is 3. The van der Waals surface area contributed by atoms with E-state index in [1.807, 2.05) is 24.3 Å². The Morgan fingerprint density at radius 3 is 2.50 bits per heavy atom. The zero-order valence-electron chi connectivity index (χ0n) is 15.2. The average molecular weight is 344 g/mol. The smallest absolute Gasteiger partial charge is 0.228 e. The Bertz CT molecular complexity index is 942. The third-order valence-electron chi connectivity index (χ3n) is 5.13. The van der Waals surface area contributed by atoms with Crippen LogP contribution < -0.4 is 10.2 Å². The average Bonchev–Trinajstić information content (AvgIpc) is 3.18. The maximum Gasteiger partial charge on any atom is 0.228 e. The van der Waals surface area contributed by atoms with Gasteiger partial charge in [-0.3, -0.25) is 4.79 Å². The molecule has 0 radical (unpaired) electrons. The maximum atomic E-state index is 12.5. The van der Waals surface area contributed by atoms with Crippen molar-refractivity contribution in [2.75, 3.05) is 23.3 Å². The van der Waals surface area contributed by atoms with E-state index in [1.54, 1.807) is 0 Å². The first kappa shape index (κ1) is 16.6. The van der Waals surface area contributed by atoms with Crippen molar-refractivity contribution in [1.82, 2.24) is 0 Å². The van der Waals surface area contributed by atoms with Crippen LogP contribution in [0.25, 0.3) is 10.8 Å². The van der Waals surface area contributed by atoms with E-state index in [4.69, 9.17) is 0 Å². The molecule has 0 aromatic heterocycles. The van der Waals surface area contributed by atoms with E-state index in [-0.39, 0.29) is 5.91 Å².